The van der Waals surface area contributed by atoms with Crippen LogP contribution in [0.15, 0.2) is 15.8 Å². The van der Waals surface area contributed by atoms with Crippen molar-refractivity contribution in [2.45, 2.75) is 25.6 Å². The summed E-state index contributed by atoms with van der Waals surface area (Å²) >= 11 is 0. The highest BCUT2D eigenvalue weighted by Crippen LogP contribution is 2.30. The lowest BCUT2D eigenvalue weighted by molar-refractivity contribution is -0.141. The number of hydrogen-bond donors (Lipinski definition) is 1. The van der Waals surface area contributed by atoms with E-state index < -0.39 is 23.1 Å². The maximum absolute atomic E-state index is 12.8. The van der Waals surface area contributed by atoms with Gasteiger partial charge in [-0.2, -0.15) is 18.4 Å². The molecule has 0 saturated carbocycles. The Morgan fingerprint density at radius 2 is 2.04 bits per heavy atom. The van der Waals surface area contributed by atoms with Gasteiger partial charge in [-0.15, -0.1) is 0 Å². The van der Waals surface area contributed by atoms with Crippen LogP contribution in [-0.2, 0) is 33.2 Å². The minimum atomic E-state index is -4.48. The largest absolute Gasteiger partial charge is 0.434 e. The van der Waals surface area contributed by atoms with Crippen molar-refractivity contribution in [1.82, 2.24) is 18.7 Å². The van der Waals surface area contributed by atoms with Gasteiger partial charge in [0, 0.05) is 39.8 Å². The molecule has 0 aromatic carbocycles. The van der Waals surface area contributed by atoms with Crippen molar-refractivity contribution in [3.05, 3.63) is 44.1 Å². The number of alkyl halides is 3. The molecular weight excluding hydrogens is 365 g/mol. The Morgan fingerprint density at radius 1 is 1.33 bits per heavy atom. The minimum absolute atomic E-state index is 0.0431. The Hall–Kier alpha value is -3.03. The van der Waals surface area contributed by atoms with E-state index in [0.717, 1.165) is 10.8 Å². The van der Waals surface area contributed by atoms with Gasteiger partial charge < -0.3 is 9.88 Å². The fourth-order valence-electron chi connectivity index (χ4n) is 3.21. The van der Waals surface area contributed by atoms with E-state index in [9.17, 15) is 28.0 Å². The number of anilines is 1. The van der Waals surface area contributed by atoms with Crippen LogP contribution in [0.2, 0.25) is 0 Å². The van der Waals surface area contributed by atoms with Gasteiger partial charge in [-0.05, 0) is 12.3 Å². The van der Waals surface area contributed by atoms with Gasteiger partial charge in [0.25, 0.3) is 5.56 Å². The van der Waals surface area contributed by atoms with E-state index >= 15 is 0 Å². The summed E-state index contributed by atoms with van der Waals surface area (Å²) in [7, 11) is 2.73. The number of hydrogen-bond acceptors (Lipinski definition) is 5. The Balaban J connectivity index is 1.80. The van der Waals surface area contributed by atoms with Crippen molar-refractivity contribution in [3.63, 3.8) is 0 Å². The van der Waals surface area contributed by atoms with Crippen LogP contribution in [0, 0.1) is 17.2 Å². The molecule has 0 aliphatic carbocycles. The number of nitriles is 1. The molecule has 3 heterocycles. The number of fused-ring (bicyclic) bond motifs is 1. The zero-order valence-electron chi connectivity index (χ0n) is 14.7. The molecule has 11 heteroatoms. The lowest BCUT2D eigenvalue weighted by atomic mass is 9.99. The molecule has 1 unspecified atom stereocenters. The molecule has 8 nitrogen and oxygen atoms in total. The van der Waals surface area contributed by atoms with Gasteiger partial charge in [0.1, 0.15) is 17.7 Å². The fourth-order valence-corrected chi connectivity index (χ4v) is 3.21. The van der Waals surface area contributed by atoms with Gasteiger partial charge in [0.15, 0.2) is 11.3 Å². The van der Waals surface area contributed by atoms with Crippen LogP contribution in [0.5, 0.6) is 0 Å². The molecule has 144 valence electrons. The highest BCUT2D eigenvalue weighted by molar-refractivity contribution is 5.51. The summed E-state index contributed by atoms with van der Waals surface area (Å²) in [5.74, 6) is 0.453. The zero-order valence-corrected chi connectivity index (χ0v) is 14.7. The molecule has 0 spiro atoms. The highest BCUT2D eigenvalue weighted by atomic mass is 19.4. The Morgan fingerprint density at radius 3 is 2.67 bits per heavy atom. The van der Waals surface area contributed by atoms with Gasteiger partial charge in [0.2, 0.25) is 0 Å². The van der Waals surface area contributed by atoms with E-state index in [4.69, 9.17) is 0 Å². The number of aryl methyl sites for hydroxylation is 1. The lowest BCUT2D eigenvalue weighted by Gasteiger charge is -2.25. The maximum atomic E-state index is 12.8. The molecule has 0 bridgehead atoms. The molecule has 1 aliphatic heterocycles. The lowest BCUT2D eigenvalue weighted by Crippen LogP contribution is -2.40. The SMILES string of the molecule is Cn1c(NCC2CCc3nc(C(F)(F)F)cn3C2)c(C#N)c(=O)n(C)c1=O. The molecule has 0 radical (unpaired) electrons. The standard InChI is InChI=1S/C16H17F3N6O2/c1-23-13(10(5-20)14(26)24(2)15(23)27)21-6-9-3-4-12-22-11(16(17,18)19)8-25(12)7-9/h8-9,21H,3-4,6-7H2,1-2H3. The van der Waals surface area contributed by atoms with Crippen molar-refractivity contribution in [2.24, 2.45) is 20.0 Å². The Bertz CT molecular complexity index is 1040. The van der Waals surface area contributed by atoms with Crippen molar-refractivity contribution in [2.75, 3.05) is 11.9 Å². The number of aromatic nitrogens is 4. The van der Waals surface area contributed by atoms with E-state index in [2.05, 4.69) is 10.3 Å². The zero-order chi connectivity index (χ0) is 19.9. The summed E-state index contributed by atoms with van der Waals surface area (Å²) in [4.78, 5) is 27.8. The van der Waals surface area contributed by atoms with Crippen LogP contribution in [0.25, 0.3) is 0 Å². The monoisotopic (exact) mass is 382 g/mol. The van der Waals surface area contributed by atoms with Gasteiger partial charge >= 0.3 is 11.9 Å². The second-order valence-corrected chi connectivity index (χ2v) is 6.52. The van der Waals surface area contributed by atoms with Crippen LogP contribution in [0.1, 0.15) is 23.5 Å². The third-order valence-electron chi connectivity index (χ3n) is 4.72. The topological polar surface area (TPSA) is 97.6 Å². The number of imidazole rings is 1. The van der Waals surface area contributed by atoms with Crippen molar-refractivity contribution in [1.29, 1.82) is 5.26 Å². The molecule has 1 aliphatic rings. The van der Waals surface area contributed by atoms with Gasteiger partial charge in [-0.1, -0.05) is 0 Å². The average molecular weight is 382 g/mol. The van der Waals surface area contributed by atoms with E-state index in [1.165, 1.54) is 23.2 Å². The number of halogens is 3. The van der Waals surface area contributed by atoms with Crippen molar-refractivity contribution in [3.8, 4) is 6.07 Å². The van der Waals surface area contributed by atoms with Gasteiger partial charge in [0.05, 0.1) is 0 Å². The molecule has 1 N–H and O–H groups in total. The molecule has 27 heavy (non-hydrogen) atoms. The van der Waals surface area contributed by atoms with Crippen LogP contribution >= 0.6 is 0 Å². The first kappa shape index (κ1) is 18.8. The molecular formula is C16H17F3N6O2. The van der Waals surface area contributed by atoms with Crippen molar-refractivity contribution >= 4 is 5.82 Å². The Kier molecular flexibility index (Phi) is 4.59. The number of rotatable bonds is 3. The number of nitrogens with one attached hydrogen (secondary N) is 1. The molecule has 0 fully saturated rings. The van der Waals surface area contributed by atoms with Crippen LogP contribution in [-0.4, -0.2) is 25.2 Å². The predicted molar refractivity (Wildman–Crippen MR) is 89.2 cm³/mol. The van der Waals surface area contributed by atoms with Crippen LogP contribution in [0.4, 0.5) is 19.0 Å². The normalized spacial score (nSPS) is 16.7. The second kappa shape index (κ2) is 6.61. The molecule has 1 atom stereocenters. The Labute approximate surface area is 151 Å². The summed E-state index contributed by atoms with van der Waals surface area (Å²) < 4.78 is 41.9. The molecule has 0 amide bonds. The first-order valence-electron chi connectivity index (χ1n) is 8.20. The summed E-state index contributed by atoms with van der Waals surface area (Å²) in [5.41, 5.74) is -2.36. The smallest absolute Gasteiger partial charge is 0.370 e. The predicted octanol–water partition coefficient (Wildman–Crippen LogP) is 0.845. The first-order valence-corrected chi connectivity index (χ1v) is 8.20. The molecule has 2 aromatic rings. The molecule has 3 rings (SSSR count). The van der Waals surface area contributed by atoms with Crippen molar-refractivity contribution < 1.29 is 13.2 Å². The average Bonchev–Trinajstić information content (AvgIpc) is 3.05. The van der Waals surface area contributed by atoms with Crippen LogP contribution in [0.3, 0.4) is 0 Å². The summed E-state index contributed by atoms with van der Waals surface area (Å²) in [6, 6.07) is 1.80. The van der Waals surface area contributed by atoms with E-state index in [1.54, 1.807) is 6.07 Å². The quantitative estimate of drug-likeness (QED) is 0.849. The van der Waals surface area contributed by atoms with E-state index in [0.29, 0.717) is 31.8 Å². The third-order valence-corrected chi connectivity index (χ3v) is 4.72. The van der Waals surface area contributed by atoms with Gasteiger partial charge in [-0.3, -0.25) is 13.9 Å². The van der Waals surface area contributed by atoms with E-state index in [1.807, 2.05) is 0 Å². The third kappa shape index (κ3) is 3.34. The molecule has 0 saturated heterocycles. The summed E-state index contributed by atoms with van der Waals surface area (Å²) in [5, 5.41) is 12.2. The van der Waals surface area contributed by atoms with E-state index in [-0.39, 0.29) is 17.3 Å². The summed E-state index contributed by atoms with van der Waals surface area (Å²) in [6.45, 7) is 0.625. The van der Waals surface area contributed by atoms with Crippen LogP contribution < -0.4 is 16.6 Å². The summed E-state index contributed by atoms with van der Waals surface area (Å²) in [6.07, 6.45) is -2.50. The molecule has 2 aromatic heterocycles. The highest BCUT2D eigenvalue weighted by Gasteiger charge is 2.35. The minimum Gasteiger partial charge on any atom is -0.370 e. The first-order chi connectivity index (χ1) is 12.6. The fraction of sp³-hybridized carbons (Fsp3) is 0.500. The van der Waals surface area contributed by atoms with Gasteiger partial charge in [-0.25, -0.2) is 9.78 Å². The second-order valence-electron chi connectivity index (χ2n) is 6.52. The number of nitrogens with zero attached hydrogens (tertiary/aromatic N) is 5. The maximum Gasteiger partial charge on any atom is 0.434 e.